The number of hydrogen-bond acceptors (Lipinski definition) is 7. The molecule has 27 heavy (non-hydrogen) atoms. The van der Waals surface area contributed by atoms with Gasteiger partial charge in [0.15, 0.2) is 11.5 Å². The zero-order valence-corrected chi connectivity index (χ0v) is 17.1. The molecule has 0 spiro atoms. The molecule has 10 heteroatoms. The summed E-state index contributed by atoms with van der Waals surface area (Å²) >= 11 is 4.53. The largest absolute Gasteiger partial charge is 0.493 e. The Morgan fingerprint density at radius 2 is 1.93 bits per heavy atom. The zero-order valence-electron chi connectivity index (χ0n) is 15.4. The molecule has 0 amide bonds. The van der Waals surface area contributed by atoms with Crippen LogP contribution in [0.5, 0.6) is 11.5 Å². The van der Waals surface area contributed by atoms with Crippen molar-refractivity contribution in [1.82, 2.24) is 9.97 Å². The fraction of sp³-hybridized carbons (Fsp3) is 0.529. The normalized spacial score (nSPS) is 17.9. The Hall–Kier alpha value is -1.51. The lowest BCUT2D eigenvalue weighted by Gasteiger charge is -2.37. The lowest BCUT2D eigenvalue weighted by molar-refractivity contribution is 0.234. The molecule has 8 nitrogen and oxygen atoms in total. The van der Waals surface area contributed by atoms with Crippen LogP contribution < -0.4 is 14.4 Å². The van der Waals surface area contributed by atoms with Gasteiger partial charge in [-0.3, -0.25) is 0 Å². The van der Waals surface area contributed by atoms with Gasteiger partial charge in [0.25, 0.3) is 0 Å². The molecule has 0 saturated carbocycles. The van der Waals surface area contributed by atoms with E-state index < -0.39 is 6.72 Å². The number of rotatable bonds is 7. The van der Waals surface area contributed by atoms with Gasteiger partial charge in [-0.15, -0.1) is 0 Å². The van der Waals surface area contributed by atoms with Crippen molar-refractivity contribution in [3.63, 3.8) is 0 Å². The summed E-state index contributed by atoms with van der Waals surface area (Å²) in [6, 6.07) is 3.91. The van der Waals surface area contributed by atoms with E-state index in [1.165, 1.54) is 0 Å². The van der Waals surface area contributed by atoms with Crippen molar-refractivity contribution >= 4 is 35.2 Å². The summed E-state index contributed by atoms with van der Waals surface area (Å²) in [5, 5.41) is 0.886. The zero-order chi connectivity index (χ0) is 19.4. The highest BCUT2D eigenvalue weighted by Crippen LogP contribution is 2.38. The van der Waals surface area contributed by atoms with Crippen LogP contribution in [0.25, 0.3) is 10.9 Å². The maximum Gasteiger partial charge on any atom is 0.321 e. The molecule has 2 aromatic rings. The van der Waals surface area contributed by atoms with Gasteiger partial charge < -0.3 is 28.7 Å². The Morgan fingerprint density at radius 3 is 2.63 bits per heavy atom. The number of benzene rings is 1. The summed E-state index contributed by atoms with van der Waals surface area (Å²) in [7, 11) is 3.19. The van der Waals surface area contributed by atoms with Gasteiger partial charge in [-0.05, 0) is 43.6 Å². The highest BCUT2D eigenvalue weighted by molar-refractivity contribution is 8.06. The Bertz CT molecular complexity index is 847. The molecule has 148 valence electrons. The van der Waals surface area contributed by atoms with Crippen molar-refractivity contribution in [2.24, 2.45) is 0 Å². The first-order chi connectivity index (χ1) is 12.9. The van der Waals surface area contributed by atoms with Crippen LogP contribution in [0.15, 0.2) is 18.5 Å². The summed E-state index contributed by atoms with van der Waals surface area (Å²) in [6.07, 6.45) is 5.33. The maximum absolute atomic E-state index is 9.28. The number of ether oxygens (including phenoxy) is 2. The van der Waals surface area contributed by atoms with Crippen LogP contribution >= 0.6 is 6.72 Å². The molecule has 1 atom stereocenters. The fourth-order valence-corrected chi connectivity index (χ4v) is 4.05. The van der Waals surface area contributed by atoms with Gasteiger partial charge in [-0.25, -0.2) is 9.97 Å². The third-order valence-electron chi connectivity index (χ3n) is 4.73. The SMILES string of the molecule is COc1cc2ncnc(N3CCCCC3CCOP(O)(O)=S)c2cc1OC. The fourth-order valence-electron chi connectivity index (χ4n) is 3.49. The molecule has 1 aromatic carbocycles. The number of aromatic nitrogens is 2. The van der Waals surface area contributed by atoms with Crippen molar-refractivity contribution in [3.05, 3.63) is 18.5 Å². The topological polar surface area (TPSA) is 97.2 Å². The molecule has 1 saturated heterocycles. The number of nitrogens with zero attached hydrogens (tertiary/aromatic N) is 3. The quantitative estimate of drug-likeness (QED) is 0.664. The minimum absolute atomic E-state index is 0.173. The van der Waals surface area contributed by atoms with E-state index in [2.05, 4.69) is 26.7 Å². The maximum atomic E-state index is 9.28. The lowest BCUT2D eigenvalue weighted by Crippen LogP contribution is -2.41. The van der Waals surface area contributed by atoms with Gasteiger partial charge in [0.2, 0.25) is 0 Å². The summed E-state index contributed by atoms with van der Waals surface area (Å²) in [5.74, 6) is 2.08. The molecule has 0 radical (unpaired) electrons. The Morgan fingerprint density at radius 1 is 1.19 bits per heavy atom. The van der Waals surface area contributed by atoms with Gasteiger partial charge in [0.05, 0.1) is 26.3 Å². The lowest BCUT2D eigenvalue weighted by atomic mass is 9.99. The monoisotopic (exact) mass is 413 g/mol. The Balaban J connectivity index is 1.92. The van der Waals surface area contributed by atoms with Crippen LogP contribution in [0.4, 0.5) is 5.82 Å². The van der Waals surface area contributed by atoms with E-state index in [1.54, 1.807) is 20.5 Å². The van der Waals surface area contributed by atoms with Gasteiger partial charge in [-0.1, -0.05) is 0 Å². The number of anilines is 1. The van der Waals surface area contributed by atoms with E-state index in [1.807, 2.05) is 12.1 Å². The van der Waals surface area contributed by atoms with Crippen LogP contribution in [0.3, 0.4) is 0 Å². The molecule has 1 fully saturated rings. The highest BCUT2D eigenvalue weighted by atomic mass is 32.5. The Labute approximate surface area is 163 Å². The van der Waals surface area contributed by atoms with Crippen molar-refractivity contribution < 1.29 is 23.8 Å². The van der Waals surface area contributed by atoms with E-state index in [-0.39, 0.29) is 12.6 Å². The molecule has 1 aliphatic heterocycles. The predicted octanol–water partition coefficient (Wildman–Crippen LogP) is 2.62. The molecule has 1 aromatic heterocycles. The molecule has 1 aliphatic rings. The van der Waals surface area contributed by atoms with Crippen LogP contribution in [0.2, 0.25) is 0 Å². The van der Waals surface area contributed by atoms with Crippen LogP contribution in [0, 0.1) is 0 Å². The van der Waals surface area contributed by atoms with Crippen molar-refractivity contribution in [2.75, 3.05) is 32.3 Å². The van der Waals surface area contributed by atoms with Gasteiger partial charge in [0, 0.05) is 24.0 Å². The predicted molar refractivity (Wildman–Crippen MR) is 107 cm³/mol. The molecule has 2 heterocycles. The minimum Gasteiger partial charge on any atom is -0.493 e. The van der Waals surface area contributed by atoms with Gasteiger partial charge >= 0.3 is 6.72 Å². The summed E-state index contributed by atoms with van der Waals surface area (Å²) < 4.78 is 15.8. The third kappa shape index (κ3) is 4.86. The molecule has 1 unspecified atom stereocenters. The smallest absolute Gasteiger partial charge is 0.321 e. The second kappa shape index (κ2) is 8.67. The van der Waals surface area contributed by atoms with Gasteiger partial charge in [-0.2, -0.15) is 0 Å². The summed E-state index contributed by atoms with van der Waals surface area (Å²) in [5.41, 5.74) is 0.777. The van der Waals surface area contributed by atoms with Crippen LogP contribution in [-0.2, 0) is 16.3 Å². The minimum atomic E-state index is -3.63. The molecular weight excluding hydrogens is 389 g/mol. The average molecular weight is 413 g/mol. The second-order valence-electron chi connectivity index (χ2n) is 6.38. The standard InChI is InChI=1S/C17H24N3O5PS/c1-23-15-9-13-14(10-16(15)24-2)18-11-19-17(13)20-7-4-3-5-12(20)6-8-25-26(21,22)27/h9-12H,3-8H2,1-2H3,(H2,21,22,27). The number of piperidine rings is 1. The number of hydrogen-bond donors (Lipinski definition) is 2. The van der Waals surface area contributed by atoms with E-state index in [4.69, 9.17) is 14.0 Å². The van der Waals surface area contributed by atoms with E-state index in [0.717, 1.165) is 42.5 Å². The van der Waals surface area contributed by atoms with Crippen LogP contribution in [-0.4, -0.2) is 53.2 Å². The van der Waals surface area contributed by atoms with E-state index in [9.17, 15) is 9.79 Å². The van der Waals surface area contributed by atoms with E-state index in [0.29, 0.717) is 17.9 Å². The van der Waals surface area contributed by atoms with Crippen molar-refractivity contribution in [2.45, 2.75) is 31.7 Å². The molecule has 0 aliphatic carbocycles. The Kier molecular flexibility index (Phi) is 6.49. The molecule has 3 rings (SSSR count). The first-order valence-corrected chi connectivity index (χ1v) is 11.4. The van der Waals surface area contributed by atoms with Crippen LogP contribution in [0.1, 0.15) is 25.7 Å². The molecular formula is C17H24N3O5PS. The summed E-state index contributed by atoms with van der Waals surface area (Å²) in [4.78, 5) is 29.7. The molecule has 0 bridgehead atoms. The average Bonchev–Trinajstić information content (AvgIpc) is 2.65. The highest BCUT2D eigenvalue weighted by Gasteiger charge is 2.26. The molecule has 2 N–H and O–H groups in total. The number of fused-ring (bicyclic) bond motifs is 1. The van der Waals surface area contributed by atoms with Crippen molar-refractivity contribution in [1.29, 1.82) is 0 Å². The van der Waals surface area contributed by atoms with Crippen molar-refractivity contribution in [3.8, 4) is 11.5 Å². The first-order valence-electron chi connectivity index (χ1n) is 8.76. The summed E-state index contributed by atoms with van der Waals surface area (Å²) in [6.45, 7) is -2.57. The first kappa shape index (κ1) is 20.2. The van der Waals surface area contributed by atoms with Gasteiger partial charge in [0.1, 0.15) is 12.1 Å². The second-order valence-corrected chi connectivity index (χ2v) is 9.04. The van der Waals surface area contributed by atoms with E-state index >= 15 is 0 Å². The third-order valence-corrected chi connectivity index (χ3v) is 5.56. The number of methoxy groups -OCH3 is 2.